The molecule has 0 spiro atoms. The minimum atomic E-state index is 0.0818. The highest BCUT2D eigenvalue weighted by molar-refractivity contribution is 6.28. The number of methoxy groups -OCH3 is 1. The Kier molecular flexibility index (Phi) is 4.74. The lowest BCUT2D eigenvalue weighted by atomic mass is 10.3. The van der Waals surface area contributed by atoms with Gasteiger partial charge in [0.1, 0.15) is 12.4 Å². The molecule has 0 bridgehead atoms. The lowest BCUT2D eigenvalue weighted by Gasteiger charge is -2.07. The van der Waals surface area contributed by atoms with Gasteiger partial charge in [0.2, 0.25) is 11.2 Å². The summed E-state index contributed by atoms with van der Waals surface area (Å²) in [6.45, 7) is 1.02. The molecule has 1 aromatic heterocycles. The zero-order valence-electron chi connectivity index (χ0n) is 10.3. The van der Waals surface area contributed by atoms with Gasteiger partial charge in [-0.05, 0) is 23.7 Å². The number of hydrogen-bond acceptors (Lipinski definition) is 6. The summed E-state index contributed by atoms with van der Waals surface area (Å²) >= 11 is 5.72. The van der Waals surface area contributed by atoms with Crippen molar-refractivity contribution in [3.8, 4) is 11.8 Å². The molecule has 100 valence electrons. The molecule has 2 rings (SSSR count). The van der Waals surface area contributed by atoms with Crippen molar-refractivity contribution in [3.05, 3.63) is 35.6 Å². The third-order valence-electron chi connectivity index (χ3n) is 2.17. The molecule has 0 aliphatic rings. The Labute approximate surface area is 115 Å². The van der Waals surface area contributed by atoms with Crippen LogP contribution in [-0.2, 0) is 0 Å². The number of benzene rings is 1. The predicted molar refractivity (Wildman–Crippen MR) is 71.8 cm³/mol. The van der Waals surface area contributed by atoms with Gasteiger partial charge in [-0.3, -0.25) is 0 Å². The van der Waals surface area contributed by atoms with Crippen LogP contribution in [-0.4, -0.2) is 35.2 Å². The third-order valence-corrected chi connectivity index (χ3v) is 2.34. The molecule has 0 saturated carbocycles. The summed E-state index contributed by atoms with van der Waals surface area (Å²) in [6.07, 6.45) is 0. The first-order chi connectivity index (χ1) is 9.28. The summed E-state index contributed by atoms with van der Waals surface area (Å²) < 4.78 is 10.4. The van der Waals surface area contributed by atoms with E-state index in [4.69, 9.17) is 21.1 Å². The van der Waals surface area contributed by atoms with Crippen LogP contribution >= 0.6 is 11.6 Å². The van der Waals surface area contributed by atoms with Crippen molar-refractivity contribution < 1.29 is 9.47 Å². The molecule has 0 unspecified atom stereocenters. The number of para-hydroxylation sites is 1. The Balaban J connectivity index is 1.81. The van der Waals surface area contributed by atoms with Crippen LogP contribution in [0.1, 0.15) is 0 Å². The van der Waals surface area contributed by atoms with E-state index in [-0.39, 0.29) is 11.3 Å². The van der Waals surface area contributed by atoms with E-state index in [1.165, 1.54) is 7.11 Å². The first-order valence-electron chi connectivity index (χ1n) is 5.65. The number of ether oxygens (including phenoxy) is 2. The number of anilines is 1. The van der Waals surface area contributed by atoms with Crippen molar-refractivity contribution in [2.75, 3.05) is 25.6 Å². The third kappa shape index (κ3) is 4.26. The highest BCUT2D eigenvalue weighted by Gasteiger charge is 2.04. The summed E-state index contributed by atoms with van der Waals surface area (Å²) in [5, 5.41) is 3.06. The first-order valence-corrected chi connectivity index (χ1v) is 6.03. The molecule has 1 aromatic carbocycles. The maximum atomic E-state index is 5.72. The van der Waals surface area contributed by atoms with Crippen molar-refractivity contribution in [1.29, 1.82) is 0 Å². The molecule has 1 heterocycles. The second kappa shape index (κ2) is 6.75. The summed E-state index contributed by atoms with van der Waals surface area (Å²) in [7, 11) is 1.47. The number of hydrogen-bond donors (Lipinski definition) is 1. The zero-order chi connectivity index (χ0) is 13.5. The van der Waals surface area contributed by atoms with E-state index in [1.807, 2.05) is 30.3 Å². The van der Waals surface area contributed by atoms with Crippen LogP contribution in [0.2, 0.25) is 5.28 Å². The fourth-order valence-electron chi connectivity index (χ4n) is 1.35. The average molecular weight is 281 g/mol. The van der Waals surface area contributed by atoms with Crippen molar-refractivity contribution in [2.45, 2.75) is 0 Å². The summed E-state index contributed by atoms with van der Waals surface area (Å²) in [4.78, 5) is 11.7. The SMILES string of the molecule is COc1nc(Cl)nc(NCCOc2ccccc2)n1. The van der Waals surface area contributed by atoms with Crippen molar-refractivity contribution in [1.82, 2.24) is 15.0 Å². The second-order valence-electron chi connectivity index (χ2n) is 3.50. The summed E-state index contributed by atoms with van der Waals surface area (Å²) in [6, 6.07) is 9.72. The number of aromatic nitrogens is 3. The molecule has 7 heteroatoms. The Morgan fingerprint density at radius 3 is 2.68 bits per heavy atom. The Morgan fingerprint density at radius 1 is 1.16 bits per heavy atom. The first kappa shape index (κ1) is 13.4. The minimum absolute atomic E-state index is 0.0818. The van der Waals surface area contributed by atoms with E-state index in [9.17, 15) is 0 Å². The lowest BCUT2D eigenvalue weighted by Crippen LogP contribution is -2.14. The highest BCUT2D eigenvalue weighted by atomic mass is 35.5. The molecule has 0 radical (unpaired) electrons. The van der Waals surface area contributed by atoms with Crippen LogP contribution in [0.15, 0.2) is 30.3 Å². The van der Waals surface area contributed by atoms with E-state index in [2.05, 4.69) is 20.3 Å². The van der Waals surface area contributed by atoms with Gasteiger partial charge in [0.25, 0.3) is 0 Å². The van der Waals surface area contributed by atoms with Gasteiger partial charge < -0.3 is 14.8 Å². The number of nitrogens with zero attached hydrogens (tertiary/aromatic N) is 3. The molecule has 0 saturated heterocycles. The smallest absolute Gasteiger partial charge is 0.322 e. The van der Waals surface area contributed by atoms with Gasteiger partial charge in [-0.25, -0.2) is 0 Å². The van der Waals surface area contributed by atoms with Crippen LogP contribution < -0.4 is 14.8 Å². The van der Waals surface area contributed by atoms with Gasteiger partial charge in [0.15, 0.2) is 0 Å². The lowest BCUT2D eigenvalue weighted by molar-refractivity contribution is 0.332. The molecule has 0 aliphatic heterocycles. The molecule has 0 atom stereocenters. The van der Waals surface area contributed by atoms with E-state index in [0.717, 1.165) is 5.75 Å². The van der Waals surface area contributed by atoms with Crippen LogP contribution in [0, 0.1) is 0 Å². The van der Waals surface area contributed by atoms with Crippen molar-refractivity contribution >= 4 is 17.5 Å². The number of rotatable bonds is 6. The van der Waals surface area contributed by atoms with Crippen LogP contribution in [0.25, 0.3) is 0 Å². The van der Waals surface area contributed by atoms with Crippen molar-refractivity contribution in [2.24, 2.45) is 0 Å². The van der Waals surface area contributed by atoms with E-state index in [0.29, 0.717) is 19.1 Å². The van der Waals surface area contributed by atoms with Crippen molar-refractivity contribution in [3.63, 3.8) is 0 Å². The van der Waals surface area contributed by atoms with Gasteiger partial charge in [-0.1, -0.05) is 18.2 Å². The van der Waals surface area contributed by atoms with Gasteiger partial charge in [-0.2, -0.15) is 15.0 Å². The Hall–Kier alpha value is -2.08. The molecule has 0 amide bonds. The second-order valence-corrected chi connectivity index (χ2v) is 3.84. The number of halogens is 1. The maximum Gasteiger partial charge on any atom is 0.322 e. The van der Waals surface area contributed by atoms with Gasteiger partial charge in [-0.15, -0.1) is 0 Å². The predicted octanol–water partition coefficient (Wildman–Crippen LogP) is 2.02. The monoisotopic (exact) mass is 280 g/mol. The molecular formula is C12H13ClN4O2. The highest BCUT2D eigenvalue weighted by Crippen LogP contribution is 2.11. The topological polar surface area (TPSA) is 69.2 Å². The molecular weight excluding hydrogens is 268 g/mol. The number of nitrogens with one attached hydrogen (secondary N) is 1. The van der Waals surface area contributed by atoms with E-state index >= 15 is 0 Å². The normalized spacial score (nSPS) is 10.0. The molecule has 6 nitrogen and oxygen atoms in total. The molecule has 1 N–H and O–H groups in total. The van der Waals surface area contributed by atoms with Gasteiger partial charge in [0.05, 0.1) is 13.7 Å². The van der Waals surface area contributed by atoms with Crippen LogP contribution in [0.3, 0.4) is 0 Å². The van der Waals surface area contributed by atoms with E-state index < -0.39 is 0 Å². The Bertz CT molecular complexity index is 524. The molecule has 0 aliphatic carbocycles. The molecule has 19 heavy (non-hydrogen) atoms. The largest absolute Gasteiger partial charge is 0.492 e. The average Bonchev–Trinajstić information content (AvgIpc) is 2.44. The standard InChI is InChI=1S/C12H13ClN4O2/c1-18-12-16-10(13)15-11(17-12)14-7-8-19-9-5-3-2-4-6-9/h2-6H,7-8H2,1H3,(H,14,15,16,17). The van der Waals surface area contributed by atoms with Gasteiger partial charge in [0, 0.05) is 0 Å². The maximum absolute atomic E-state index is 5.72. The minimum Gasteiger partial charge on any atom is -0.492 e. The fourth-order valence-corrected chi connectivity index (χ4v) is 1.50. The summed E-state index contributed by atoms with van der Waals surface area (Å²) in [5.41, 5.74) is 0. The van der Waals surface area contributed by atoms with E-state index in [1.54, 1.807) is 0 Å². The Morgan fingerprint density at radius 2 is 1.95 bits per heavy atom. The quantitative estimate of drug-likeness (QED) is 0.817. The van der Waals surface area contributed by atoms with Gasteiger partial charge >= 0.3 is 6.01 Å². The summed E-state index contributed by atoms with van der Waals surface area (Å²) in [5.74, 6) is 1.17. The fraction of sp³-hybridized carbons (Fsp3) is 0.250. The van der Waals surface area contributed by atoms with Crippen LogP contribution in [0.4, 0.5) is 5.95 Å². The van der Waals surface area contributed by atoms with Crippen LogP contribution in [0.5, 0.6) is 11.8 Å². The zero-order valence-corrected chi connectivity index (χ0v) is 11.1. The molecule has 2 aromatic rings. The molecule has 0 fully saturated rings.